The fraction of sp³-hybridized carbons (Fsp3) is 0.333. The molecule has 0 unspecified atom stereocenters. The van der Waals surface area contributed by atoms with Crippen molar-refractivity contribution in [2.45, 2.75) is 19.6 Å². The lowest BCUT2D eigenvalue weighted by atomic mass is 10.1. The Balaban J connectivity index is 1.78. The lowest BCUT2D eigenvalue weighted by Gasteiger charge is -2.14. The molecule has 3 N–H and O–H groups in total. The Morgan fingerprint density at radius 1 is 1.03 bits per heavy atom. The number of nitrogens with zero attached hydrogens (tertiary/aromatic N) is 1. The Hall–Kier alpha value is -3.23. The van der Waals surface area contributed by atoms with Crippen molar-refractivity contribution in [3.05, 3.63) is 64.7 Å². The minimum atomic E-state index is -4.43. The molecule has 6 nitrogen and oxygen atoms in total. The Labute approximate surface area is 173 Å². The number of hydrogen-bond acceptors (Lipinski definition) is 3. The molecule has 2 aromatic rings. The quantitative estimate of drug-likeness (QED) is 0.364. The van der Waals surface area contributed by atoms with E-state index >= 15 is 0 Å². The lowest BCUT2D eigenvalue weighted by Crippen LogP contribution is -2.41. The van der Waals surface area contributed by atoms with Crippen LogP contribution >= 0.6 is 0 Å². The van der Waals surface area contributed by atoms with Crippen LogP contribution in [0.4, 0.5) is 13.2 Å². The van der Waals surface area contributed by atoms with E-state index in [4.69, 9.17) is 4.74 Å². The van der Waals surface area contributed by atoms with Crippen LogP contribution < -0.4 is 20.7 Å². The van der Waals surface area contributed by atoms with Crippen LogP contribution in [0.15, 0.2) is 47.5 Å². The van der Waals surface area contributed by atoms with E-state index in [0.29, 0.717) is 19.0 Å². The van der Waals surface area contributed by atoms with Gasteiger partial charge in [-0.15, -0.1) is 0 Å². The second kappa shape index (κ2) is 10.5. The number of nitrogens with one attached hydrogen (secondary N) is 3. The Bertz CT molecular complexity index is 881. The maximum atomic E-state index is 12.6. The number of benzene rings is 2. The predicted octanol–water partition coefficient (Wildman–Crippen LogP) is 3.12. The van der Waals surface area contributed by atoms with E-state index in [1.54, 1.807) is 14.2 Å². The first-order valence-electron chi connectivity index (χ1n) is 9.28. The van der Waals surface area contributed by atoms with Gasteiger partial charge in [0, 0.05) is 37.8 Å². The summed E-state index contributed by atoms with van der Waals surface area (Å²) in [5.74, 6) is 0.876. The fourth-order valence-corrected chi connectivity index (χ4v) is 2.67. The van der Waals surface area contributed by atoms with Crippen LogP contribution in [0.2, 0.25) is 0 Å². The van der Waals surface area contributed by atoms with Crippen molar-refractivity contribution in [2.75, 3.05) is 27.2 Å². The molecule has 0 bridgehead atoms. The van der Waals surface area contributed by atoms with Crippen LogP contribution in [-0.2, 0) is 12.7 Å². The van der Waals surface area contributed by atoms with Gasteiger partial charge in [0.25, 0.3) is 5.91 Å². The van der Waals surface area contributed by atoms with Gasteiger partial charge >= 0.3 is 6.18 Å². The molecule has 162 valence electrons. The van der Waals surface area contributed by atoms with Gasteiger partial charge in [-0.25, -0.2) is 0 Å². The van der Waals surface area contributed by atoms with Gasteiger partial charge in [0.2, 0.25) is 0 Å². The highest BCUT2D eigenvalue weighted by Crippen LogP contribution is 2.29. The van der Waals surface area contributed by atoms with Crippen molar-refractivity contribution in [3.8, 4) is 5.75 Å². The van der Waals surface area contributed by atoms with E-state index in [9.17, 15) is 18.0 Å². The number of methoxy groups -OCH3 is 1. The van der Waals surface area contributed by atoms with Gasteiger partial charge < -0.3 is 20.7 Å². The topological polar surface area (TPSA) is 74.8 Å². The number of ether oxygens (including phenoxy) is 1. The molecule has 0 spiro atoms. The molecule has 0 heterocycles. The first kappa shape index (κ1) is 23.1. The van der Waals surface area contributed by atoms with Crippen LogP contribution in [0.1, 0.15) is 27.0 Å². The maximum Gasteiger partial charge on any atom is 0.416 e. The molecule has 0 saturated heterocycles. The molecule has 0 fully saturated rings. The SMILES string of the molecule is CN=C(NCCNC(=O)c1ccc(C(F)(F)F)cc1)NCc1ccc(C)cc1OC. The van der Waals surface area contributed by atoms with Crippen LogP contribution in [-0.4, -0.2) is 39.1 Å². The van der Waals surface area contributed by atoms with E-state index in [0.717, 1.165) is 41.1 Å². The van der Waals surface area contributed by atoms with Gasteiger partial charge in [-0.2, -0.15) is 13.2 Å². The van der Waals surface area contributed by atoms with E-state index in [1.807, 2.05) is 25.1 Å². The highest BCUT2D eigenvalue weighted by Gasteiger charge is 2.30. The van der Waals surface area contributed by atoms with Crippen LogP contribution in [0.25, 0.3) is 0 Å². The third kappa shape index (κ3) is 6.68. The van der Waals surface area contributed by atoms with Crippen LogP contribution in [0, 0.1) is 6.92 Å². The Morgan fingerprint density at radius 2 is 1.70 bits per heavy atom. The zero-order valence-electron chi connectivity index (χ0n) is 17.1. The van der Waals surface area contributed by atoms with E-state index in [1.165, 1.54) is 0 Å². The van der Waals surface area contributed by atoms with Crippen molar-refractivity contribution in [2.24, 2.45) is 4.99 Å². The molecule has 0 aromatic heterocycles. The zero-order valence-corrected chi connectivity index (χ0v) is 17.1. The van der Waals surface area contributed by atoms with Crippen LogP contribution in [0.5, 0.6) is 5.75 Å². The number of amides is 1. The molecule has 9 heteroatoms. The van der Waals surface area contributed by atoms with Gasteiger partial charge in [-0.3, -0.25) is 9.79 Å². The predicted molar refractivity (Wildman–Crippen MR) is 110 cm³/mol. The van der Waals surface area contributed by atoms with Gasteiger partial charge in [-0.1, -0.05) is 12.1 Å². The van der Waals surface area contributed by atoms with Crippen molar-refractivity contribution >= 4 is 11.9 Å². The standard InChI is InChI=1S/C21H25F3N4O2/c1-14-4-5-16(18(12-14)30-3)13-28-20(25-2)27-11-10-26-19(29)15-6-8-17(9-7-15)21(22,23)24/h4-9,12H,10-11,13H2,1-3H3,(H,26,29)(H2,25,27,28). The molecule has 2 aromatic carbocycles. The molecule has 0 radical (unpaired) electrons. The molecule has 1 amide bonds. The molecule has 30 heavy (non-hydrogen) atoms. The molecule has 0 aliphatic heterocycles. The zero-order chi connectivity index (χ0) is 22.1. The Morgan fingerprint density at radius 3 is 2.30 bits per heavy atom. The largest absolute Gasteiger partial charge is 0.496 e. The number of halogens is 3. The Kier molecular flexibility index (Phi) is 8.08. The molecule has 0 aliphatic rings. The summed E-state index contributed by atoms with van der Waals surface area (Å²) < 4.78 is 43.1. The molecular weight excluding hydrogens is 397 g/mol. The highest BCUT2D eigenvalue weighted by molar-refractivity contribution is 5.94. The number of hydrogen-bond donors (Lipinski definition) is 3. The van der Waals surface area contributed by atoms with Gasteiger partial charge in [0.15, 0.2) is 5.96 Å². The summed E-state index contributed by atoms with van der Waals surface area (Å²) in [4.78, 5) is 16.2. The first-order valence-corrected chi connectivity index (χ1v) is 9.28. The van der Waals surface area contributed by atoms with Crippen molar-refractivity contribution < 1.29 is 22.7 Å². The number of guanidine groups is 1. The summed E-state index contributed by atoms with van der Waals surface area (Å²) in [6.45, 7) is 3.14. The second-order valence-corrected chi connectivity index (χ2v) is 6.50. The molecular formula is C21H25F3N4O2. The summed E-state index contributed by atoms with van der Waals surface area (Å²) in [7, 11) is 3.24. The maximum absolute atomic E-state index is 12.6. The minimum absolute atomic E-state index is 0.164. The number of rotatable bonds is 7. The van der Waals surface area contributed by atoms with Gasteiger partial charge in [-0.05, 0) is 42.8 Å². The number of alkyl halides is 3. The highest BCUT2D eigenvalue weighted by atomic mass is 19.4. The summed E-state index contributed by atoms with van der Waals surface area (Å²) in [6, 6.07) is 9.99. The van der Waals surface area contributed by atoms with Crippen LogP contribution in [0.3, 0.4) is 0 Å². The average molecular weight is 422 g/mol. The number of carbonyl (C=O) groups excluding carboxylic acids is 1. The third-order valence-corrected chi connectivity index (χ3v) is 4.29. The number of aryl methyl sites for hydroxylation is 1. The van der Waals surface area contributed by atoms with E-state index < -0.39 is 17.6 Å². The number of carbonyl (C=O) groups is 1. The molecule has 0 atom stereocenters. The molecule has 2 rings (SSSR count). The third-order valence-electron chi connectivity index (χ3n) is 4.29. The van der Waals surface area contributed by atoms with Crippen molar-refractivity contribution in [1.82, 2.24) is 16.0 Å². The normalized spacial score (nSPS) is 11.7. The summed E-state index contributed by atoms with van der Waals surface area (Å²) >= 11 is 0. The monoisotopic (exact) mass is 422 g/mol. The van der Waals surface area contributed by atoms with Crippen molar-refractivity contribution in [3.63, 3.8) is 0 Å². The molecule has 0 aliphatic carbocycles. The average Bonchev–Trinajstić information content (AvgIpc) is 2.73. The molecule has 0 saturated carbocycles. The summed E-state index contributed by atoms with van der Waals surface area (Å²) in [5, 5.41) is 8.87. The lowest BCUT2D eigenvalue weighted by molar-refractivity contribution is -0.137. The van der Waals surface area contributed by atoms with Gasteiger partial charge in [0.05, 0.1) is 12.7 Å². The number of aliphatic imine (C=N–C) groups is 1. The fourth-order valence-electron chi connectivity index (χ4n) is 2.67. The minimum Gasteiger partial charge on any atom is -0.496 e. The van der Waals surface area contributed by atoms with Crippen molar-refractivity contribution in [1.29, 1.82) is 0 Å². The second-order valence-electron chi connectivity index (χ2n) is 6.50. The smallest absolute Gasteiger partial charge is 0.416 e. The van der Waals surface area contributed by atoms with E-state index in [-0.39, 0.29) is 12.1 Å². The van der Waals surface area contributed by atoms with Gasteiger partial charge in [0.1, 0.15) is 5.75 Å². The summed E-state index contributed by atoms with van der Waals surface area (Å²) in [6.07, 6.45) is -4.43. The summed E-state index contributed by atoms with van der Waals surface area (Å²) in [5.41, 5.74) is 1.45. The first-order chi connectivity index (χ1) is 14.2. The van der Waals surface area contributed by atoms with E-state index in [2.05, 4.69) is 20.9 Å².